The molecule has 2 fully saturated rings. The molecule has 5 heterocycles. The van der Waals surface area contributed by atoms with Gasteiger partial charge >= 0.3 is 13.1 Å². The predicted molar refractivity (Wildman–Crippen MR) is 204 cm³/mol. The summed E-state index contributed by atoms with van der Waals surface area (Å²) in [4.78, 5) is 8.79. The summed E-state index contributed by atoms with van der Waals surface area (Å²) in [5.41, 5.74) is 2.92. The van der Waals surface area contributed by atoms with Crippen molar-refractivity contribution in [2.24, 2.45) is 4.99 Å². The third kappa shape index (κ3) is 5.85. The van der Waals surface area contributed by atoms with Crippen LogP contribution in [0, 0.1) is 0 Å². The first-order chi connectivity index (χ1) is 26.4. The van der Waals surface area contributed by atoms with E-state index in [1.807, 2.05) is 70.4 Å². The molecule has 0 unspecified atom stereocenters. The van der Waals surface area contributed by atoms with Crippen LogP contribution in [0.4, 0.5) is 4.39 Å². The second-order valence-corrected chi connectivity index (χ2v) is 14.7. The first-order valence-corrected chi connectivity index (χ1v) is 18.6. The van der Waals surface area contributed by atoms with Gasteiger partial charge < -0.3 is 29.7 Å². The summed E-state index contributed by atoms with van der Waals surface area (Å²) < 4.78 is 29.6. The molecule has 2 saturated heterocycles. The number of alkyl halides is 1. The van der Waals surface area contributed by atoms with E-state index in [4.69, 9.17) is 26.2 Å². The minimum absolute atomic E-state index is 0.0696. The summed E-state index contributed by atoms with van der Waals surface area (Å²) >= 11 is 6.76. The van der Waals surface area contributed by atoms with Crippen LogP contribution in [0.15, 0.2) is 127 Å². The maximum atomic E-state index is 14.7. The van der Waals surface area contributed by atoms with Crippen LogP contribution < -0.4 is 26.1 Å². The molecular weight excluding hydrogens is 706 g/mol. The Hall–Kier alpha value is -5.14. The first-order valence-electron chi connectivity index (χ1n) is 18.3. The molecule has 1 aromatic heterocycles. The minimum atomic E-state index is -1.85. The fourth-order valence-electron chi connectivity index (χ4n) is 8.74. The molecule has 0 amide bonds. The van der Waals surface area contributed by atoms with Crippen molar-refractivity contribution in [2.75, 3.05) is 26.4 Å². The van der Waals surface area contributed by atoms with Crippen LogP contribution in [-0.4, -0.2) is 74.8 Å². The van der Waals surface area contributed by atoms with E-state index < -0.39 is 24.4 Å². The summed E-state index contributed by atoms with van der Waals surface area (Å²) in [6.45, 7) is 2.03. The lowest BCUT2D eigenvalue weighted by atomic mass is 9.77. The molecule has 10 nitrogen and oxygen atoms in total. The van der Waals surface area contributed by atoms with Gasteiger partial charge in [-0.3, -0.25) is 14.6 Å². The molecule has 54 heavy (non-hydrogen) atoms. The average molecular weight is 745 g/mol. The molecule has 13 heteroatoms. The molecule has 4 aliphatic heterocycles. The van der Waals surface area contributed by atoms with Crippen molar-refractivity contribution >= 4 is 30.0 Å². The summed E-state index contributed by atoms with van der Waals surface area (Å²) in [6, 6.07) is 32.6. The number of nitrogens with zero attached hydrogens (tertiary/aromatic N) is 5. The lowest BCUT2D eigenvalue weighted by Crippen LogP contribution is -2.47. The number of ether oxygens (including phenoxy) is 2. The van der Waals surface area contributed by atoms with Gasteiger partial charge in [0.05, 0.1) is 40.1 Å². The van der Waals surface area contributed by atoms with Crippen molar-refractivity contribution in [1.29, 1.82) is 0 Å². The quantitative estimate of drug-likeness (QED) is 0.147. The maximum Gasteiger partial charge on any atom is 0.490 e. The second-order valence-electron chi connectivity index (χ2n) is 14.4. The van der Waals surface area contributed by atoms with E-state index >= 15 is 0 Å². The van der Waals surface area contributed by atoms with Gasteiger partial charge in [0.15, 0.2) is 0 Å². The Balaban J connectivity index is 1.16. The number of benzene rings is 4. The van der Waals surface area contributed by atoms with E-state index in [1.54, 1.807) is 6.20 Å². The van der Waals surface area contributed by atoms with Crippen LogP contribution in [0.25, 0.3) is 5.82 Å². The van der Waals surface area contributed by atoms with Crippen LogP contribution in [0.2, 0.25) is 5.02 Å². The lowest BCUT2D eigenvalue weighted by molar-refractivity contribution is 0.0266. The predicted octanol–water partition coefficient (Wildman–Crippen LogP) is 3.59. The van der Waals surface area contributed by atoms with Crippen molar-refractivity contribution in [3.63, 3.8) is 0 Å². The summed E-state index contributed by atoms with van der Waals surface area (Å²) in [5, 5.41) is 30.0. The Labute approximate surface area is 317 Å². The van der Waals surface area contributed by atoms with Gasteiger partial charge in [-0.15, -0.1) is 0 Å². The van der Waals surface area contributed by atoms with Gasteiger partial charge in [-0.1, -0.05) is 103 Å². The lowest BCUT2D eigenvalue weighted by Gasteiger charge is -2.36. The van der Waals surface area contributed by atoms with Crippen LogP contribution in [0.5, 0.6) is 5.75 Å². The smallest absolute Gasteiger partial charge is 0.462 e. The molecule has 0 radical (unpaired) electrons. The van der Waals surface area contributed by atoms with Gasteiger partial charge in [0.2, 0.25) is 0 Å². The number of rotatable bonds is 10. The number of hydrogen-bond donors (Lipinski definition) is 3. The van der Waals surface area contributed by atoms with Gasteiger partial charge in [0, 0.05) is 30.2 Å². The van der Waals surface area contributed by atoms with E-state index in [9.17, 15) is 14.4 Å². The first kappa shape index (κ1) is 34.6. The molecular formula is C41H39BClFN6O4. The number of aromatic nitrogens is 2. The van der Waals surface area contributed by atoms with Crippen LogP contribution in [0.3, 0.4) is 0 Å². The van der Waals surface area contributed by atoms with Crippen molar-refractivity contribution in [1.82, 2.24) is 24.9 Å². The fourth-order valence-corrected chi connectivity index (χ4v) is 9.05. The molecule has 4 aromatic carbocycles. The van der Waals surface area contributed by atoms with Crippen molar-refractivity contribution < 1.29 is 23.9 Å². The molecule has 9 rings (SSSR count). The highest BCUT2D eigenvalue weighted by molar-refractivity contribution is 6.62. The van der Waals surface area contributed by atoms with Gasteiger partial charge in [0.25, 0.3) is 0 Å². The van der Waals surface area contributed by atoms with Crippen molar-refractivity contribution in [3.8, 4) is 5.75 Å². The molecule has 0 spiro atoms. The van der Waals surface area contributed by atoms with E-state index in [0.717, 1.165) is 41.6 Å². The summed E-state index contributed by atoms with van der Waals surface area (Å²) in [5.74, 6) is 1.15. The van der Waals surface area contributed by atoms with Gasteiger partial charge in [-0.2, -0.15) is 5.10 Å². The maximum absolute atomic E-state index is 14.7. The number of fused-ring (bicyclic) bond motifs is 1. The monoisotopic (exact) mass is 744 g/mol. The molecule has 4 aliphatic rings. The Morgan fingerprint density at radius 2 is 1.67 bits per heavy atom. The highest BCUT2D eigenvalue weighted by Gasteiger charge is 2.49. The largest absolute Gasteiger partial charge is 0.490 e. The Bertz CT molecular complexity index is 2230. The van der Waals surface area contributed by atoms with E-state index in [0.29, 0.717) is 41.7 Å². The van der Waals surface area contributed by atoms with E-state index in [1.165, 1.54) is 6.07 Å². The molecule has 274 valence electrons. The zero-order chi connectivity index (χ0) is 36.9. The fraction of sp³-hybridized carbons (Fsp3) is 0.268. The van der Waals surface area contributed by atoms with Gasteiger partial charge in [-0.05, 0) is 42.1 Å². The normalized spacial score (nSPS) is 20.6. The Kier molecular flexibility index (Phi) is 8.93. The molecule has 0 bridgehead atoms. The zero-order valence-electron chi connectivity index (χ0n) is 29.5. The topological polar surface area (TPSA) is 108 Å². The average Bonchev–Trinajstić information content (AvgIpc) is 3.87. The van der Waals surface area contributed by atoms with Crippen molar-refractivity contribution in [3.05, 3.63) is 159 Å². The number of hydrogen-bond acceptors (Lipinski definition) is 9. The SMILES string of the molecule is OB(O)c1cc2c3c(c1Cl)=NCNC=3N(Cc1cnn(C(c3ccccc3)(c3ccccc3)c3ccccc3)c1)C=C(OC[C@@]13CCCN1C[C@H](F)C3)O2. The van der Waals surface area contributed by atoms with Crippen LogP contribution in [0.1, 0.15) is 41.5 Å². The Morgan fingerprint density at radius 3 is 2.31 bits per heavy atom. The van der Waals surface area contributed by atoms with Crippen LogP contribution in [-0.2, 0) is 16.8 Å². The molecule has 5 aromatic rings. The zero-order valence-corrected chi connectivity index (χ0v) is 30.2. The minimum Gasteiger partial charge on any atom is -0.462 e. The highest BCUT2D eigenvalue weighted by Crippen LogP contribution is 2.42. The molecule has 0 aliphatic carbocycles. The van der Waals surface area contributed by atoms with E-state index in [2.05, 4.69) is 57.8 Å². The third-order valence-electron chi connectivity index (χ3n) is 11.1. The van der Waals surface area contributed by atoms with Crippen LogP contribution >= 0.6 is 11.6 Å². The van der Waals surface area contributed by atoms with Crippen molar-refractivity contribution in [2.45, 2.75) is 43.1 Å². The summed E-state index contributed by atoms with van der Waals surface area (Å²) in [6.07, 6.45) is 7.04. The Morgan fingerprint density at radius 1 is 1.00 bits per heavy atom. The highest BCUT2D eigenvalue weighted by atomic mass is 35.5. The molecule has 3 N–H and O–H groups in total. The number of nitrogens with one attached hydrogen (secondary N) is 1. The van der Waals surface area contributed by atoms with Gasteiger partial charge in [-0.25, -0.2) is 4.39 Å². The van der Waals surface area contributed by atoms with E-state index in [-0.39, 0.29) is 29.7 Å². The molecule has 0 saturated carbocycles. The van der Waals surface area contributed by atoms with Gasteiger partial charge in [0.1, 0.15) is 36.6 Å². The molecule has 2 atom stereocenters. The third-order valence-corrected chi connectivity index (χ3v) is 11.5. The number of halogens is 2. The standard InChI is InChI=1S/C41H39BClFN6O4/c43-37-33(42(51)52)19-34-36-38(37)45-27-46-39(36)48(25-35(54-34)53-26-40-17-10-18-49(40)24-32(44)20-40)22-28-21-47-50(23-28)41(29-11-4-1-5-12-29,30-13-6-2-7-14-30)31-15-8-3-9-16-31/h1-9,11-16,19,21,23,25,32,46,51-52H,10,17-18,20,22,24,26-27H2/t32-,40+/m1/s1. The summed E-state index contributed by atoms with van der Waals surface area (Å²) in [7, 11) is -1.85. The second kappa shape index (κ2) is 13.9.